The number of rotatable bonds is 5. The van der Waals surface area contributed by atoms with Crippen molar-refractivity contribution in [3.8, 4) is 0 Å². The van der Waals surface area contributed by atoms with Crippen LogP contribution in [0.25, 0.3) is 0 Å². The number of hydrogen-bond acceptors (Lipinski definition) is 4. The molecule has 0 aliphatic rings. The highest BCUT2D eigenvalue weighted by Crippen LogP contribution is 2.12. The predicted molar refractivity (Wildman–Crippen MR) is 90.1 cm³/mol. The Morgan fingerprint density at radius 1 is 1.17 bits per heavy atom. The minimum atomic E-state index is -0.482. The van der Waals surface area contributed by atoms with Gasteiger partial charge < -0.3 is 15.4 Å². The van der Waals surface area contributed by atoms with Crippen LogP contribution in [0.3, 0.4) is 0 Å². The summed E-state index contributed by atoms with van der Waals surface area (Å²) < 4.78 is 6.98. The number of anilines is 1. The maximum absolute atomic E-state index is 11.6. The second-order valence-corrected chi connectivity index (χ2v) is 6.43. The molecule has 0 radical (unpaired) electrons. The van der Waals surface area contributed by atoms with Crippen molar-refractivity contribution in [3.63, 3.8) is 0 Å². The summed E-state index contributed by atoms with van der Waals surface area (Å²) in [7, 11) is 1.90. The number of amides is 1. The molecule has 6 heteroatoms. The van der Waals surface area contributed by atoms with Crippen molar-refractivity contribution >= 4 is 11.8 Å². The molecular formula is C17H24N4O2. The van der Waals surface area contributed by atoms with Gasteiger partial charge in [0.15, 0.2) is 0 Å². The van der Waals surface area contributed by atoms with E-state index >= 15 is 0 Å². The standard InChI is InChI=1S/C17H24N4O2/c1-17(2,3)23-16(22)19-9-13-5-7-15(8-6-13)18-10-14-11-20-21(4)12-14/h5-8,11-12,18H,9-10H2,1-4H3,(H,19,22). The molecule has 2 rings (SSSR count). The fraction of sp³-hybridized carbons (Fsp3) is 0.412. The molecule has 1 heterocycles. The Balaban J connectivity index is 1.79. The Kier molecular flexibility index (Phi) is 5.26. The molecule has 0 saturated heterocycles. The Morgan fingerprint density at radius 3 is 2.43 bits per heavy atom. The monoisotopic (exact) mass is 316 g/mol. The maximum atomic E-state index is 11.6. The molecule has 0 saturated carbocycles. The molecular weight excluding hydrogens is 292 g/mol. The van der Waals surface area contributed by atoms with Gasteiger partial charge >= 0.3 is 6.09 Å². The van der Waals surface area contributed by atoms with Gasteiger partial charge in [0.05, 0.1) is 6.20 Å². The summed E-state index contributed by atoms with van der Waals surface area (Å²) in [6.07, 6.45) is 3.41. The van der Waals surface area contributed by atoms with E-state index in [1.54, 1.807) is 4.68 Å². The molecule has 0 aliphatic heterocycles. The molecule has 0 spiro atoms. The van der Waals surface area contributed by atoms with E-state index in [1.165, 1.54) is 0 Å². The summed E-state index contributed by atoms with van der Waals surface area (Å²) in [6, 6.07) is 7.93. The zero-order valence-electron chi connectivity index (χ0n) is 14.1. The summed E-state index contributed by atoms with van der Waals surface area (Å²) in [5, 5.41) is 10.2. The predicted octanol–water partition coefficient (Wildman–Crippen LogP) is 3.06. The zero-order valence-corrected chi connectivity index (χ0v) is 14.1. The number of ether oxygens (including phenoxy) is 1. The van der Waals surface area contributed by atoms with Gasteiger partial charge in [-0.1, -0.05) is 12.1 Å². The van der Waals surface area contributed by atoms with E-state index in [0.29, 0.717) is 6.54 Å². The number of aryl methyl sites for hydroxylation is 1. The van der Waals surface area contributed by atoms with Gasteiger partial charge in [0.25, 0.3) is 0 Å². The number of alkyl carbamates (subject to hydrolysis) is 1. The highest BCUT2D eigenvalue weighted by Gasteiger charge is 2.15. The maximum Gasteiger partial charge on any atom is 0.407 e. The third kappa shape index (κ3) is 6.02. The summed E-state index contributed by atoms with van der Waals surface area (Å²) in [6.45, 7) is 6.70. The third-order valence-electron chi connectivity index (χ3n) is 3.04. The Bertz CT molecular complexity index is 641. The number of benzene rings is 1. The summed E-state index contributed by atoms with van der Waals surface area (Å²) in [4.78, 5) is 11.6. The first kappa shape index (κ1) is 16.9. The van der Waals surface area contributed by atoms with Crippen LogP contribution in [-0.4, -0.2) is 21.5 Å². The van der Waals surface area contributed by atoms with Crippen LogP contribution >= 0.6 is 0 Å². The largest absolute Gasteiger partial charge is 0.444 e. The van der Waals surface area contributed by atoms with E-state index in [9.17, 15) is 4.79 Å². The first-order valence-corrected chi connectivity index (χ1v) is 7.59. The lowest BCUT2D eigenvalue weighted by Gasteiger charge is -2.19. The summed E-state index contributed by atoms with van der Waals surface area (Å²) in [5.41, 5.74) is 2.69. The van der Waals surface area contributed by atoms with Crippen LogP contribution in [0.2, 0.25) is 0 Å². The lowest BCUT2D eigenvalue weighted by Crippen LogP contribution is -2.32. The van der Waals surface area contributed by atoms with E-state index in [1.807, 2.05) is 64.5 Å². The number of nitrogens with zero attached hydrogens (tertiary/aromatic N) is 2. The minimum absolute atomic E-state index is 0.406. The van der Waals surface area contributed by atoms with E-state index in [2.05, 4.69) is 15.7 Å². The van der Waals surface area contributed by atoms with Crippen molar-refractivity contribution in [3.05, 3.63) is 47.8 Å². The molecule has 0 bridgehead atoms. The smallest absolute Gasteiger partial charge is 0.407 e. The Labute approximate surface area is 136 Å². The fourth-order valence-electron chi connectivity index (χ4n) is 2.00. The van der Waals surface area contributed by atoms with E-state index < -0.39 is 11.7 Å². The Morgan fingerprint density at radius 2 is 1.87 bits per heavy atom. The minimum Gasteiger partial charge on any atom is -0.444 e. The molecule has 0 atom stereocenters. The summed E-state index contributed by atoms with van der Waals surface area (Å²) in [5.74, 6) is 0. The molecule has 2 N–H and O–H groups in total. The summed E-state index contributed by atoms with van der Waals surface area (Å²) >= 11 is 0. The number of hydrogen-bond donors (Lipinski definition) is 2. The molecule has 0 unspecified atom stereocenters. The van der Waals surface area contributed by atoms with Gasteiger partial charge in [-0.25, -0.2) is 4.79 Å². The van der Waals surface area contributed by atoms with Gasteiger partial charge in [-0.15, -0.1) is 0 Å². The van der Waals surface area contributed by atoms with Gasteiger partial charge in [-0.05, 0) is 38.5 Å². The van der Waals surface area contributed by atoms with Crippen LogP contribution in [0.4, 0.5) is 10.5 Å². The van der Waals surface area contributed by atoms with Gasteiger partial charge in [-0.2, -0.15) is 5.10 Å². The van der Waals surface area contributed by atoms with Crippen LogP contribution in [0.1, 0.15) is 31.9 Å². The topological polar surface area (TPSA) is 68.2 Å². The second kappa shape index (κ2) is 7.17. The van der Waals surface area contributed by atoms with Crippen LogP contribution in [-0.2, 0) is 24.9 Å². The van der Waals surface area contributed by atoms with Crippen molar-refractivity contribution in [1.29, 1.82) is 0 Å². The van der Waals surface area contributed by atoms with E-state index in [-0.39, 0.29) is 0 Å². The van der Waals surface area contributed by atoms with Crippen molar-refractivity contribution < 1.29 is 9.53 Å². The van der Waals surface area contributed by atoms with Crippen molar-refractivity contribution in [2.24, 2.45) is 7.05 Å². The molecule has 2 aromatic rings. The molecule has 6 nitrogen and oxygen atoms in total. The third-order valence-corrected chi connectivity index (χ3v) is 3.04. The van der Waals surface area contributed by atoms with Crippen LogP contribution < -0.4 is 10.6 Å². The van der Waals surface area contributed by atoms with Crippen LogP contribution in [0.15, 0.2) is 36.7 Å². The highest BCUT2D eigenvalue weighted by atomic mass is 16.6. The lowest BCUT2D eigenvalue weighted by atomic mass is 10.2. The van der Waals surface area contributed by atoms with Crippen LogP contribution in [0.5, 0.6) is 0 Å². The lowest BCUT2D eigenvalue weighted by molar-refractivity contribution is 0.0523. The highest BCUT2D eigenvalue weighted by molar-refractivity contribution is 5.67. The second-order valence-electron chi connectivity index (χ2n) is 6.43. The zero-order chi connectivity index (χ0) is 16.9. The number of carbonyl (C=O) groups is 1. The molecule has 1 amide bonds. The average Bonchev–Trinajstić information content (AvgIpc) is 2.88. The molecule has 1 aromatic heterocycles. The first-order valence-electron chi connectivity index (χ1n) is 7.59. The molecule has 23 heavy (non-hydrogen) atoms. The van der Waals surface area contributed by atoms with Gasteiger partial charge in [0.1, 0.15) is 5.60 Å². The van der Waals surface area contributed by atoms with Crippen molar-refractivity contribution in [2.45, 2.75) is 39.5 Å². The molecule has 124 valence electrons. The average molecular weight is 316 g/mol. The molecule has 0 aliphatic carbocycles. The number of nitrogens with one attached hydrogen (secondary N) is 2. The van der Waals surface area contributed by atoms with Gasteiger partial charge in [0, 0.05) is 37.6 Å². The molecule has 1 aromatic carbocycles. The first-order chi connectivity index (χ1) is 10.8. The van der Waals surface area contributed by atoms with Crippen LogP contribution in [0, 0.1) is 0 Å². The number of carbonyl (C=O) groups excluding carboxylic acids is 1. The molecule has 0 fully saturated rings. The van der Waals surface area contributed by atoms with E-state index in [0.717, 1.165) is 23.4 Å². The van der Waals surface area contributed by atoms with Crippen molar-refractivity contribution in [1.82, 2.24) is 15.1 Å². The number of aromatic nitrogens is 2. The van der Waals surface area contributed by atoms with E-state index in [4.69, 9.17) is 4.74 Å². The SMILES string of the molecule is Cn1cc(CNc2ccc(CNC(=O)OC(C)(C)C)cc2)cn1. The van der Waals surface area contributed by atoms with Gasteiger partial charge in [0.2, 0.25) is 0 Å². The van der Waals surface area contributed by atoms with Gasteiger partial charge in [-0.3, -0.25) is 4.68 Å². The Hall–Kier alpha value is -2.50. The quantitative estimate of drug-likeness (QED) is 0.889. The normalized spacial score (nSPS) is 11.1. The van der Waals surface area contributed by atoms with Crippen molar-refractivity contribution in [2.75, 3.05) is 5.32 Å². The fourth-order valence-corrected chi connectivity index (χ4v) is 2.00.